The van der Waals surface area contributed by atoms with Gasteiger partial charge in [0.2, 0.25) is 0 Å². The van der Waals surface area contributed by atoms with Crippen LogP contribution in [0.2, 0.25) is 0 Å². The monoisotopic (exact) mass is 438 g/mol. The van der Waals surface area contributed by atoms with E-state index in [1.54, 1.807) is 0 Å². The van der Waals surface area contributed by atoms with Crippen molar-refractivity contribution in [2.24, 2.45) is 0 Å². The molecule has 0 heterocycles. The molecule has 0 bridgehead atoms. The number of fused-ring (bicyclic) bond motifs is 3. The molecule has 0 spiro atoms. The van der Waals surface area contributed by atoms with Crippen LogP contribution in [0.1, 0.15) is 26.3 Å². The summed E-state index contributed by atoms with van der Waals surface area (Å²) in [7, 11) is 0. The lowest BCUT2D eigenvalue weighted by atomic mass is 9.78. The van der Waals surface area contributed by atoms with E-state index in [1.165, 1.54) is 49.0 Å². The van der Waals surface area contributed by atoms with Crippen molar-refractivity contribution in [3.8, 4) is 11.1 Å². The SMILES string of the molecule is CC(C)(C)c1c2ccccc2c(-c2ccc3ccccc3c2)c2ccc(Br)cc12. The van der Waals surface area contributed by atoms with Gasteiger partial charge in [0, 0.05) is 4.47 Å². The van der Waals surface area contributed by atoms with Gasteiger partial charge in [0.15, 0.2) is 0 Å². The highest BCUT2D eigenvalue weighted by Crippen LogP contribution is 2.44. The number of hydrogen-bond donors (Lipinski definition) is 0. The summed E-state index contributed by atoms with van der Waals surface area (Å²) in [5.41, 5.74) is 4.05. The second-order valence-corrected chi connectivity index (χ2v) is 9.71. The maximum Gasteiger partial charge on any atom is 0.0181 e. The summed E-state index contributed by atoms with van der Waals surface area (Å²) in [5, 5.41) is 7.86. The Morgan fingerprint density at radius 2 is 1.24 bits per heavy atom. The summed E-state index contributed by atoms with van der Waals surface area (Å²) in [6, 6.07) is 31.0. The molecule has 0 radical (unpaired) electrons. The van der Waals surface area contributed by atoms with Crippen LogP contribution in [0.25, 0.3) is 43.4 Å². The minimum Gasteiger partial charge on any atom is -0.0616 e. The maximum atomic E-state index is 3.71. The van der Waals surface area contributed by atoms with Crippen LogP contribution in [0.3, 0.4) is 0 Å². The Bertz CT molecular complexity index is 1390. The van der Waals surface area contributed by atoms with Crippen molar-refractivity contribution in [2.45, 2.75) is 26.2 Å². The third-order valence-electron chi connectivity index (χ3n) is 5.77. The normalized spacial score (nSPS) is 12.1. The predicted molar refractivity (Wildman–Crippen MR) is 131 cm³/mol. The van der Waals surface area contributed by atoms with Crippen LogP contribution >= 0.6 is 15.9 Å². The van der Waals surface area contributed by atoms with E-state index in [0.717, 1.165) is 4.47 Å². The molecule has 0 aromatic heterocycles. The van der Waals surface area contributed by atoms with E-state index in [2.05, 4.69) is 122 Å². The van der Waals surface area contributed by atoms with Gasteiger partial charge < -0.3 is 0 Å². The molecule has 142 valence electrons. The molecule has 0 N–H and O–H groups in total. The summed E-state index contributed by atoms with van der Waals surface area (Å²) in [6.45, 7) is 6.93. The molecule has 0 nitrogen and oxygen atoms in total. The Morgan fingerprint density at radius 1 is 0.586 bits per heavy atom. The van der Waals surface area contributed by atoms with Crippen molar-refractivity contribution in [1.82, 2.24) is 0 Å². The number of benzene rings is 5. The molecule has 5 rings (SSSR count). The van der Waals surface area contributed by atoms with E-state index >= 15 is 0 Å². The van der Waals surface area contributed by atoms with E-state index in [1.807, 2.05) is 0 Å². The standard InChI is InChI=1S/C28H23Br/c1-28(2,3)27-24-11-7-6-10-22(24)26(23-15-14-21(29)17-25(23)27)20-13-12-18-8-4-5-9-19(18)16-20/h4-17H,1-3H3. The molecule has 1 heteroatoms. The van der Waals surface area contributed by atoms with E-state index < -0.39 is 0 Å². The number of hydrogen-bond acceptors (Lipinski definition) is 0. The van der Waals surface area contributed by atoms with Crippen molar-refractivity contribution in [3.63, 3.8) is 0 Å². The predicted octanol–water partition coefficient (Wildman–Crippen LogP) is 8.87. The molecule has 5 aromatic rings. The smallest absolute Gasteiger partial charge is 0.0181 e. The van der Waals surface area contributed by atoms with Crippen molar-refractivity contribution in [2.75, 3.05) is 0 Å². The van der Waals surface area contributed by atoms with Crippen LogP contribution in [0.4, 0.5) is 0 Å². The number of halogens is 1. The van der Waals surface area contributed by atoms with Gasteiger partial charge in [0.25, 0.3) is 0 Å². The van der Waals surface area contributed by atoms with Crippen molar-refractivity contribution >= 4 is 48.2 Å². The lowest BCUT2D eigenvalue weighted by Crippen LogP contribution is -2.13. The van der Waals surface area contributed by atoms with Gasteiger partial charge in [0.05, 0.1) is 0 Å². The molecule has 0 aliphatic carbocycles. The van der Waals surface area contributed by atoms with Crippen LogP contribution in [0.15, 0.2) is 89.4 Å². The van der Waals surface area contributed by atoms with Crippen LogP contribution in [-0.4, -0.2) is 0 Å². The molecule has 0 amide bonds. The summed E-state index contributed by atoms with van der Waals surface area (Å²) in [5.74, 6) is 0. The Morgan fingerprint density at radius 3 is 2.00 bits per heavy atom. The quantitative estimate of drug-likeness (QED) is 0.229. The molecule has 5 aromatic carbocycles. The molecule has 0 fully saturated rings. The fourth-order valence-electron chi connectivity index (χ4n) is 4.61. The second-order valence-electron chi connectivity index (χ2n) is 8.80. The van der Waals surface area contributed by atoms with Gasteiger partial charge in [-0.05, 0) is 72.6 Å². The molecule has 0 atom stereocenters. The maximum absolute atomic E-state index is 3.71. The summed E-state index contributed by atoms with van der Waals surface area (Å²) in [4.78, 5) is 0. The Balaban J connectivity index is 1.99. The minimum atomic E-state index is 0.0422. The molecule has 0 aliphatic rings. The highest BCUT2D eigenvalue weighted by Gasteiger charge is 2.23. The minimum absolute atomic E-state index is 0.0422. The van der Waals surface area contributed by atoms with Crippen molar-refractivity contribution in [3.05, 3.63) is 95.0 Å². The fraction of sp³-hybridized carbons (Fsp3) is 0.143. The first kappa shape index (κ1) is 18.4. The highest BCUT2D eigenvalue weighted by atomic mass is 79.9. The summed E-state index contributed by atoms with van der Waals surface area (Å²) >= 11 is 3.71. The zero-order valence-electron chi connectivity index (χ0n) is 17.0. The zero-order chi connectivity index (χ0) is 20.2. The molecule has 0 aliphatic heterocycles. The fourth-order valence-corrected chi connectivity index (χ4v) is 4.98. The van der Waals surface area contributed by atoms with Gasteiger partial charge >= 0.3 is 0 Å². The van der Waals surface area contributed by atoms with E-state index in [9.17, 15) is 0 Å². The lowest BCUT2D eigenvalue weighted by molar-refractivity contribution is 0.601. The summed E-state index contributed by atoms with van der Waals surface area (Å²) in [6.07, 6.45) is 0. The topological polar surface area (TPSA) is 0 Å². The Kier molecular flexibility index (Phi) is 4.26. The van der Waals surface area contributed by atoms with Gasteiger partial charge in [-0.2, -0.15) is 0 Å². The highest BCUT2D eigenvalue weighted by molar-refractivity contribution is 9.10. The van der Waals surface area contributed by atoms with Gasteiger partial charge in [-0.3, -0.25) is 0 Å². The van der Waals surface area contributed by atoms with Crippen molar-refractivity contribution < 1.29 is 0 Å². The molecular weight excluding hydrogens is 416 g/mol. The first-order valence-corrected chi connectivity index (χ1v) is 10.9. The number of rotatable bonds is 1. The van der Waals surface area contributed by atoms with Crippen LogP contribution in [-0.2, 0) is 5.41 Å². The van der Waals surface area contributed by atoms with Crippen molar-refractivity contribution in [1.29, 1.82) is 0 Å². The van der Waals surface area contributed by atoms with E-state index in [0.29, 0.717) is 0 Å². The third-order valence-corrected chi connectivity index (χ3v) is 6.27. The Labute approximate surface area is 180 Å². The van der Waals surface area contributed by atoms with Crippen LogP contribution < -0.4 is 0 Å². The molecule has 29 heavy (non-hydrogen) atoms. The van der Waals surface area contributed by atoms with E-state index in [-0.39, 0.29) is 5.41 Å². The molecular formula is C28H23Br. The average Bonchev–Trinajstić information content (AvgIpc) is 2.70. The van der Waals surface area contributed by atoms with Gasteiger partial charge in [-0.15, -0.1) is 0 Å². The van der Waals surface area contributed by atoms with Crippen LogP contribution in [0, 0.1) is 0 Å². The van der Waals surface area contributed by atoms with Crippen LogP contribution in [0.5, 0.6) is 0 Å². The zero-order valence-corrected chi connectivity index (χ0v) is 18.5. The summed E-state index contributed by atoms with van der Waals surface area (Å²) < 4.78 is 1.12. The molecule has 0 saturated carbocycles. The Hall–Kier alpha value is -2.64. The largest absolute Gasteiger partial charge is 0.0616 e. The third kappa shape index (κ3) is 3.05. The second kappa shape index (κ2) is 6.71. The first-order valence-electron chi connectivity index (χ1n) is 10.1. The molecule has 0 saturated heterocycles. The molecule has 0 unspecified atom stereocenters. The first-order chi connectivity index (χ1) is 13.9. The van der Waals surface area contributed by atoms with E-state index in [4.69, 9.17) is 0 Å². The van der Waals surface area contributed by atoms with Gasteiger partial charge in [-0.1, -0.05) is 103 Å². The van der Waals surface area contributed by atoms with Gasteiger partial charge in [-0.25, -0.2) is 0 Å². The average molecular weight is 439 g/mol. The van der Waals surface area contributed by atoms with Gasteiger partial charge in [0.1, 0.15) is 0 Å². The lowest BCUT2D eigenvalue weighted by Gasteiger charge is -2.26.